The molecule has 0 spiro atoms. The van der Waals surface area contributed by atoms with Crippen molar-refractivity contribution in [3.8, 4) is 0 Å². The van der Waals surface area contributed by atoms with Crippen LogP contribution in [0, 0.1) is 13.8 Å². The van der Waals surface area contributed by atoms with Crippen molar-refractivity contribution in [2.45, 2.75) is 64.1 Å². The average molecular weight is 380 g/mol. The van der Waals surface area contributed by atoms with E-state index in [1.165, 1.54) is 11.8 Å². The molecule has 0 bridgehead atoms. The number of aromatic nitrogens is 2. The maximum Gasteiger partial charge on any atom is 0.263 e. The van der Waals surface area contributed by atoms with Gasteiger partial charge in [0.1, 0.15) is 4.83 Å². The van der Waals surface area contributed by atoms with Gasteiger partial charge < -0.3 is 5.32 Å². The molecule has 1 N–H and O–H groups in total. The molecule has 0 unspecified atom stereocenters. The topological polar surface area (TPSA) is 64.0 Å². The molecule has 5 nitrogen and oxygen atoms in total. The molecule has 1 fully saturated rings. The van der Waals surface area contributed by atoms with Crippen LogP contribution in [0.15, 0.2) is 9.95 Å². The molecule has 3 rings (SSSR count). The molecular formula is C18H25N3O2S2. The van der Waals surface area contributed by atoms with Crippen molar-refractivity contribution in [2.24, 2.45) is 0 Å². The second kappa shape index (κ2) is 7.91. The van der Waals surface area contributed by atoms with Crippen molar-refractivity contribution in [1.29, 1.82) is 0 Å². The molecule has 2 aromatic rings. The van der Waals surface area contributed by atoms with E-state index in [0.29, 0.717) is 17.5 Å². The number of nitrogens with zero attached hydrogens (tertiary/aromatic N) is 2. The highest BCUT2D eigenvalue weighted by molar-refractivity contribution is 7.99. The third-order valence-electron chi connectivity index (χ3n) is 4.80. The molecule has 0 aromatic carbocycles. The molecule has 7 heteroatoms. The Labute approximate surface area is 156 Å². The van der Waals surface area contributed by atoms with E-state index in [4.69, 9.17) is 4.98 Å². The van der Waals surface area contributed by atoms with Gasteiger partial charge in [0.15, 0.2) is 5.16 Å². The lowest BCUT2D eigenvalue weighted by Gasteiger charge is -2.18. The number of fused-ring (bicyclic) bond motifs is 1. The first kappa shape index (κ1) is 18.5. The van der Waals surface area contributed by atoms with Gasteiger partial charge >= 0.3 is 0 Å². The summed E-state index contributed by atoms with van der Waals surface area (Å²) in [5.74, 6) is 0.297. The summed E-state index contributed by atoms with van der Waals surface area (Å²) in [7, 11) is 0. The standard InChI is InChI=1S/C18H25N3O2S2/c1-4-9-19-14(22)10-24-18-20-16-15(11(2)12(3)25-16)17(23)21(18)13-7-5-6-8-13/h13H,4-10H2,1-3H3,(H,19,22). The Morgan fingerprint density at radius 1 is 1.36 bits per heavy atom. The van der Waals surface area contributed by atoms with Gasteiger partial charge in [0.05, 0.1) is 11.1 Å². The van der Waals surface area contributed by atoms with Gasteiger partial charge in [-0.25, -0.2) is 4.98 Å². The monoisotopic (exact) mass is 379 g/mol. The van der Waals surface area contributed by atoms with Crippen molar-refractivity contribution in [1.82, 2.24) is 14.9 Å². The van der Waals surface area contributed by atoms with E-state index in [9.17, 15) is 9.59 Å². The zero-order valence-electron chi connectivity index (χ0n) is 15.1. The third-order valence-corrected chi connectivity index (χ3v) is 6.85. The minimum Gasteiger partial charge on any atom is -0.355 e. The Kier molecular flexibility index (Phi) is 5.84. The number of thioether (sulfide) groups is 1. The van der Waals surface area contributed by atoms with E-state index in [2.05, 4.69) is 5.32 Å². The molecular weight excluding hydrogens is 354 g/mol. The number of nitrogens with one attached hydrogen (secondary N) is 1. The number of hydrogen-bond donors (Lipinski definition) is 1. The van der Waals surface area contributed by atoms with Gasteiger partial charge in [-0.1, -0.05) is 31.5 Å². The Hall–Kier alpha value is -1.34. The number of carbonyl (C=O) groups is 1. The van der Waals surface area contributed by atoms with Crippen LogP contribution in [-0.4, -0.2) is 27.8 Å². The van der Waals surface area contributed by atoms with Crippen LogP contribution in [0.4, 0.5) is 0 Å². The predicted molar refractivity (Wildman–Crippen MR) is 105 cm³/mol. The molecule has 25 heavy (non-hydrogen) atoms. The van der Waals surface area contributed by atoms with E-state index < -0.39 is 0 Å². The molecule has 0 radical (unpaired) electrons. The van der Waals surface area contributed by atoms with E-state index in [1.54, 1.807) is 11.3 Å². The third kappa shape index (κ3) is 3.77. The molecule has 1 aliphatic rings. The van der Waals surface area contributed by atoms with Gasteiger partial charge in [-0.2, -0.15) is 0 Å². The van der Waals surface area contributed by atoms with Gasteiger partial charge in [0.25, 0.3) is 5.56 Å². The molecule has 0 atom stereocenters. The lowest BCUT2D eigenvalue weighted by atomic mass is 10.2. The summed E-state index contributed by atoms with van der Waals surface area (Å²) in [4.78, 5) is 31.9. The van der Waals surface area contributed by atoms with Crippen molar-refractivity contribution in [2.75, 3.05) is 12.3 Å². The highest BCUT2D eigenvalue weighted by Gasteiger charge is 2.25. The number of aryl methyl sites for hydroxylation is 2. The van der Waals surface area contributed by atoms with E-state index in [0.717, 1.165) is 52.8 Å². The lowest BCUT2D eigenvalue weighted by Crippen LogP contribution is -2.28. The summed E-state index contributed by atoms with van der Waals surface area (Å²) >= 11 is 2.95. The number of carbonyl (C=O) groups excluding carboxylic acids is 1. The molecule has 2 aromatic heterocycles. The first-order valence-corrected chi connectivity index (χ1v) is 10.7. The average Bonchev–Trinajstić information content (AvgIpc) is 3.20. The highest BCUT2D eigenvalue weighted by atomic mass is 32.2. The predicted octanol–water partition coefficient (Wildman–Crippen LogP) is 3.81. The zero-order chi connectivity index (χ0) is 18.0. The Morgan fingerprint density at radius 3 is 2.76 bits per heavy atom. The quantitative estimate of drug-likeness (QED) is 0.612. The van der Waals surface area contributed by atoms with E-state index in [-0.39, 0.29) is 17.5 Å². The summed E-state index contributed by atoms with van der Waals surface area (Å²) < 4.78 is 1.87. The Morgan fingerprint density at radius 2 is 2.08 bits per heavy atom. The first-order valence-electron chi connectivity index (χ1n) is 8.94. The lowest BCUT2D eigenvalue weighted by molar-refractivity contribution is -0.118. The Bertz CT molecular complexity index is 835. The highest BCUT2D eigenvalue weighted by Crippen LogP contribution is 2.34. The van der Waals surface area contributed by atoms with E-state index >= 15 is 0 Å². The second-order valence-electron chi connectivity index (χ2n) is 6.61. The molecule has 0 aliphatic heterocycles. The summed E-state index contributed by atoms with van der Waals surface area (Å²) in [6.45, 7) is 6.75. The maximum atomic E-state index is 13.2. The van der Waals surface area contributed by atoms with Crippen LogP contribution >= 0.6 is 23.1 Å². The molecule has 2 heterocycles. The summed E-state index contributed by atoms with van der Waals surface area (Å²) in [6, 6.07) is 0.213. The Balaban J connectivity index is 1.98. The smallest absolute Gasteiger partial charge is 0.263 e. The van der Waals surface area contributed by atoms with Crippen molar-refractivity contribution in [3.05, 3.63) is 20.8 Å². The molecule has 1 amide bonds. The van der Waals surface area contributed by atoms with Crippen LogP contribution in [0.2, 0.25) is 0 Å². The van der Waals surface area contributed by atoms with Crippen LogP contribution in [0.3, 0.4) is 0 Å². The number of amides is 1. The van der Waals surface area contributed by atoms with Crippen molar-refractivity contribution < 1.29 is 4.79 Å². The fourth-order valence-electron chi connectivity index (χ4n) is 3.32. The van der Waals surface area contributed by atoms with Gasteiger partial charge in [0, 0.05) is 17.5 Å². The van der Waals surface area contributed by atoms with Gasteiger partial charge in [-0.15, -0.1) is 11.3 Å². The molecule has 1 saturated carbocycles. The fraction of sp³-hybridized carbons (Fsp3) is 0.611. The summed E-state index contributed by atoms with van der Waals surface area (Å²) in [5, 5.41) is 4.33. The van der Waals surface area contributed by atoms with Crippen molar-refractivity contribution >= 4 is 39.2 Å². The number of thiophene rings is 1. The summed E-state index contributed by atoms with van der Waals surface area (Å²) in [5.41, 5.74) is 1.11. The van der Waals surface area contributed by atoms with Crippen LogP contribution in [0.1, 0.15) is 55.5 Å². The van der Waals surface area contributed by atoms with Gasteiger partial charge in [-0.05, 0) is 38.7 Å². The first-order chi connectivity index (χ1) is 12.0. The van der Waals surface area contributed by atoms with Gasteiger partial charge in [-0.3, -0.25) is 14.2 Å². The number of rotatable bonds is 6. The SMILES string of the molecule is CCCNC(=O)CSc1nc2sc(C)c(C)c2c(=O)n1C1CCCC1. The van der Waals surface area contributed by atoms with Gasteiger partial charge in [0.2, 0.25) is 5.91 Å². The van der Waals surface area contributed by atoms with Crippen LogP contribution in [0.5, 0.6) is 0 Å². The van der Waals surface area contributed by atoms with Crippen LogP contribution in [0.25, 0.3) is 10.2 Å². The van der Waals surface area contributed by atoms with Crippen LogP contribution in [-0.2, 0) is 4.79 Å². The maximum absolute atomic E-state index is 13.2. The summed E-state index contributed by atoms with van der Waals surface area (Å²) in [6.07, 6.45) is 5.26. The minimum atomic E-state index is -0.00212. The zero-order valence-corrected chi connectivity index (χ0v) is 16.7. The van der Waals surface area contributed by atoms with Crippen LogP contribution < -0.4 is 10.9 Å². The fourth-order valence-corrected chi connectivity index (χ4v) is 5.29. The normalized spacial score (nSPS) is 15.2. The largest absolute Gasteiger partial charge is 0.355 e. The second-order valence-corrected chi connectivity index (χ2v) is 8.76. The van der Waals surface area contributed by atoms with Crippen molar-refractivity contribution in [3.63, 3.8) is 0 Å². The van der Waals surface area contributed by atoms with E-state index in [1.807, 2.05) is 25.3 Å². The molecule has 1 aliphatic carbocycles. The minimum absolute atomic E-state index is 0.00212. The molecule has 0 saturated heterocycles. The number of hydrogen-bond acceptors (Lipinski definition) is 5. The molecule has 136 valence electrons.